The molecule has 0 amide bonds. The molecule has 0 aliphatic rings. The average molecular weight is 385 g/mol. The Kier molecular flexibility index (Phi) is 43.2. The number of hydrogen-bond acceptors (Lipinski definition) is 10. The minimum Gasteiger partial charge on any atom is -0.469 e. The fraction of sp³-hybridized carbons (Fsp3) is 0.833. The molecule has 0 radical (unpaired) electrons. The van der Waals surface area contributed by atoms with Crippen LogP contribution < -0.4 is 5.32 Å². The summed E-state index contributed by atoms with van der Waals surface area (Å²) in [6, 6.07) is 0.625. The summed E-state index contributed by atoms with van der Waals surface area (Å²) in [5.41, 5.74) is 0. The smallest absolute Gasteiger partial charge is 0.469 e. The van der Waals surface area contributed by atoms with E-state index in [1.807, 2.05) is 13.8 Å². The maximum atomic E-state index is 10.1. The summed E-state index contributed by atoms with van der Waals surface area (Å²) in [4.78, 5) is 4.02. The van der Waals surface area contributed by atoms with E-state index in [4.69, 9.17) is 44.9 Å². The molecule has 11 nitrogen and oxygen atoms in total. The molecular weight excluding hydrogens is 363 g/mol. The number of amidine groups is 1. The van der Waals surface area contributed by atoms with Gasteiger partial charge in [-0.15, -0.1) is 0 Å². The Labute approximate surface area is 143 Å². The topological polar surface area (TPSA) is 195 Å². The van der Waals surface area contributed by atoms with Crippen LogP contribution in [0.4, 0.5) is 17.3 Å². The van der Waals surface area contributed by atoms with Crippen molar-refractivity contribution in [2.45, 2.75) is 13.8 Å². The molecule has 0 unspecified atom stereocenters. The van der Waals surface area contributed by atoms with Gasteiger partial charge in [-0.05, 0) is 13.8 Å². The molecule has 0 bridgehead atoms. The predicted molar refractivity (Wildman–Crippen MR) is 83.9 cm³/mol. The molecule has 19 heteroatoms. The Balaban J connectivity index is -0.0000000714. The molecule has 0 aliphatic carbocycles. The van der Waals surface area contributed by atoms with Crippen molar-refractivity contribution >= 4 is 35.6 Å². The number of rotatable bonds is 2. The number of methoxy groups -OCH3 is 1. The second-order valence-electron chi connectivity index (χ2n) is 2.76. The second-order valence-corrected chi connectivity index (χ2v) is 2.76. The maximum absolute atomic E-state index is 10.1. The standard InChI is InChI=1S/C6H14N2O.4BFH2O2/c1-4-7-6(9-3)8-5-2;4*2-1(3)4/h4-5H2,1-3H3,(H,7,8);4*3-4H. The normalized spacial score (nSPS) is 8.36. The predicted octanol–water partition coefficient (Wildman–Crippen LogP) is -3.68. The van der Waals surface area contributed by atoms with Crippen molar-refractivity contribution in [3.63, 3.8) is 0 Å². The van der Waals surface area contributed by atoms with Crippen LogP contribution in [-0.2, 0) is 4.74 Å². The zero-order valence-corrected chi connectivity index (χ0v) is 13.7. The molecule has 0 aromatic rings. The summed E-state index contributed by atoms with van der Waals surface area (Å²) in [7, 11) is -9.06. The van der Waals surface area contributed by atoms with Crippen LogP contribution >= 0.6 is 0 Å². The van der Waals surface area contributed by atoms with Gasteiger partial charge in [0, 0.05) is 13.1 Å². The first-order valence-corrected chi connectivity index (χ1v) is 6.11. The van der Waals surface area contributed by atoms with E-state index in [2.05, 4.69) is 10.3 Å². The van der Waals surface area contributed by atoms with Crippen LogP contribution in [0.25, 0.3) is 0 Å². The Hall–Kier alpha value is -1.07. The van der Waals surface area contributed by atoms with E-state index in [0.717, 1.165) is 13.1 Å². The minimum absolute atomic E-state index is 0.625. The lowest BCUT2D eigenvalue weighted by Crippen LogP contribution is -2.24. The lowest BCUT2D eigenvalue weighted by molar-refractivity contribution is 0.338. The van der Waals surface area contributed by atoms with Gasteiger partial charge in [0.2, 0.25) is 0 Å². The largest absolute Gasteiger partial charge is 0.674 e. The molecule has 0 aromatic carbocycles. The van der Waals surface area contributed by atoms with E-state index in [1.165, 1.54) is 0 Å². The summed E-state index contributed by atoms with van der Waals surface area (Å²) in [6.07, 6.45) is 0. The fourth-order valence-corrected chi connectivity index (χ4v) is 0.487. The highest BCUT2D eigenvalue weighted by Crippen LogP contribution is 1.74. The van der Waals surface area contributed by atoms with Crippen molar-refractivity contribution in [2.24, 2.45) is 4.99 Å². The lowest BCUT2D eigenvalue weighted by atomic mass is 10.3. The van der Waals surface area contributed by atoms with Crippen LogP contribution in [0.2, 0.25) is 0 Å². The molecule has 0 aliphatic heterocycles. The van der Waals surface area contributed by atoms with Gasteiger partial charge in [-0.3, -0.25) is 17.3 Å². The summed E-state index contributed by atoms with van der Waals surface area (Å²) in [5.74, 6) is 0. The Morgan fingerprint density at radius 2 is 1.04 bits per heavy atom. The van der Waals surface area contributed by atoms with Gasteiger partial charge in [0.1, 0.15) is 0 Å². The molecule has 0 atom stereocenters. The van der Waals surface area contributed by atoms with Crippen molar-refractivity contribution in [2.75, 3.05) is 20.2 Å². The van der Waals surface area contributed by atoms with Crippen LogP contribution in [-0.4, -0.2) is 96.0 Å². The highest BCUT2D eigenvalue weighted by molar-refractivity contribution is 6.32. The van der Waals surface area contributed by atoms with Crippen molar-refractivity contribution in [1.29, 1.82) is 0 Å². The maximum Gasteiger partial charge on any atom is 0.674 e. The van der Waals surface area contributed by atoms with Gasteiger partial charge in [-0.1, -0.05) is 0 Å². The molecule has 150 valence electrons. The third-order valence-corrected chi connectivity index (χ3v) is 0.823. The number of aliphatic imine (C=N–C) groups is 1. The number of hydrogen-bond donors (Lipinski definition) is 9. The quantitative estimate of drug-likeness (QED) is 0.0988. The van der Waals surface area contributed by atoms with Crippen LogP contribution in [0.5, 0.6) is 0 Å². The van der Waals surface area contributed by atoms with E-state index >= 15 is 0 Å². The van der Waals surface area contributed by atoms with Gasteiger partial charge in [-0.25, -0.2) is 4.99 Å². The van der Waals surface area contributed by atoms with Gasteiger partial charge in [0.05, 0.1) is 7.11 Å². The molecular formula is C6H22B4F4N2O9. The molecule has 0 spiro atoms. The zero-order valence-electron chi connectivity index (χ0n) is 13.7. The molecule has 9 N–H and O–H groups in total. The Bertz CT molecular complexity index is 225. The van der Waals surface area contributed by atoms with E-state index in [-0.39, 0.29) is 0 Å². The molecule has 25 heavy (non-hydrogen) atoms. The SMILES string of the molecule is CCN=C(NCC)OC.OB(O)F.OB(O)F.OB(O)F.OB(O)F. The summed E-state index contributed by atoms with van der Waals surface area (Å²) in [6.45, 7) is 5.59. The first kappa shape index (κ1) is 35.1. The van der Waals surface area contributed by atoms with Crippen LogP contribution in [0, 0.1) is 0 Å². The van der Waals surface area contributed by atoms with Gasteiger partial charge < -0.3 is 50.2 Å². The van der Waals surface area contributed by atoms with Crippen molar-refractivity contribution in [3.05, 3.63) is 0 Å². The van der Waals surface area contributed by atoms with Crippen molar-refractivity contribution in [3.8, 4) is 0 Å². The van der Waals surface area contributed by atoms with E-state index in [1.54, 1.807) is 7.11 Å². The van der Waals surface area contributed by atoms with Crippen molar-refractivity contribution in [1.82, 2.24) is 5.32 Å². The molecule has 0 rings (SSSR count). The van der Waals surface area contributed by atoms with Gasteiger partial charge in [-0.2, -0.15) is 0 Å². The Morgan fingerprint density at radius 1 is 0.800 bits per heavy atom. The molecule has 0 saturated heterocycles. The van der Waals surface area contributed by atoms with E-state index < -0.39 is 29.6 Å². The summed E-state index contributed by atoms with van der Waals surface area (Å²) in [5, 5.41) is 58.5. The molecule has 0 saturated carbocycles. The lowest BCUT2D eigenvalue weighted by Gasteiger charge is -2.03. The number of ether oxygens (including phenoxy) is 1. The molecule has 0 fully saturated rings. The van der Waals surface area contributed by atoms with Gasteiger partial charge in [0.15, 0.2) is 0 Å². The molecule has 0 heterocycles. The van der Waals surface area contributed by atoms with Gasteiger partial charge in [0.25, 0.3) is 6.02 Å². The first-order chi connectivity index (χ1) is 11.3. The fourth-order valence-electron chi connectivity index (χ4n) is 0.487. The average Bonchev–Trinajstić information content (AvgIpc) is 2.35. The minimum atomic E-state index is -2.67. The summed E-state index contributed by atoms with van der Waals surface area (Å²) >= 11 is 0. The highest BCUT2D eigenvalue weighted by Gasteiger charge is 1.98. The number of halogens is 4. The number of nitrogens with one attached hydrogen (secondary N) is 1. The Morgan fingerprint density at radius 3 is 1.16 bits per heavy atom. The first-order valence-electron chi connectivity index (χ1n) is 6.11. The van der Waals surface area contributed by atoms with E-state index in [9.17, 15) is 17.3 Å². The highest BCUT2D eigenvalue weighted by atomic mass is 19.1. The van der Waals surface area contributed by atoms with Crippen LogP contribution in [0.15, 0.2) is 4.99 Å². The zero-order chi connectivity index (χ0) is 21.4. The monoisotopic (exact) mass is 386 g/mol. The van der Waals surface area contributed by atoms with E-state index in [0.29, 0.717) is 6.02 Å². The van der Waals surface area contributed by atoms with Crippen molar-refractivity contribution < 1.29 is 62.2 Å². The third kappa shape index (κ3) is 209. The van der Waals surface area contributed by atoms with Crippen LogP contribution in [0.1, 0.15) is 13.8 Å². The summed E-state index contributed by atoms with van der Waals surface area (Å²) < 4.78 is 45.3. The second kappa shape index (κ2) is 30.8. The third-order valence-electron chi connectivity index (χ3n) is 0.823. The van der Waals surface area contributed by atoms with Crippen LogP contribution in [0.3, 0.4) is 0 Å². The molecule has 0 aromatic heterocycles. The van der Waals surface area contributed by atoms with Gasteiger partial charge >= 0.3 is 29.6 Å². The number of nitrogens with zero attached hydrogens (tertiary/aromatic N) is 1.